The number of benzene rings is 2. The number of para-hydroxylation sites is 1. The maximum Gasteiger partial charge on any atom is 0.240 e. The van der Waals surface area contributed by atoms with E-state index in [1.165, 1.54) is 0 Å². The molecule has 24 heavy (non-hydrogen) atoms. The lowest BCUT2D eigenvalue weighted by molar-refractivity contribution is 0.580. The number of aromatic nitrogens is 1. The first-order chi connectivity index (χ1) is 11.6. The number of hydrogen-bond acceptors (Lipinski definition) is 4. The van der Waals surface area contributed by atoms with Gasteiger partial charge in [-0.1, -0.05) is 36.4 Å². The molecule has 1 aromatic heterocycles. The van der Waals surface area contributed by atoms with Gasteiger partial charge < -0.3 is 5.73 Å². The normalized spacial score (nSPS) is 11.3. The van der Waals surface area contributed by atoms with Crippen molar-refractivity contribution >= 4 is 15.7 Å². The lowest BCUT2D eigenvalue weighted by Gasteiger charge is -2.09. The Kier molecular flexibility index (Phi) is 4.59. The van der Waals surface area contributed by atoms with Gasteiger partial charge in [-0.05, 0) is 35.9 Å². The van der Waals surface area contributed by atoms with Gasteiger partial charge in [0.25, 0.3) is 0 Å². The summed E-state index contributed by atoms with van der Waals surface area (Å²) >= 11 is 0. The second kappa shape index (κ2) is 6.82. The van der Waals surface area contributed by atoms with E-state index in [0.29, 0.717) is 11.4 Å². The van der Waals surface area contributed by atoms with E-state index in [1.807, 2.05) is 30.3 Å². The topological polar surface area (TPSA) is 85.1 Å². The van der Waals surface area contributed by atoms with Crippen LogP contribution in [0.5, 0.6) is 0 Å². The Balaban J connectivity index is 1.78. The van der Waals surface area contributed by atoms with E-state index in [2.05, 4.69) is 9.71 Å². The van der Waals surface area contributed by atoms with Crippen LogP contribution in [0.25, 0.3) is 11.1 Å². The first-order valence-electron chi connectivity index (χ1n) is 7.41. The van der Waals surface area contributed by atoms with E-state index >= 15 is 0 Å². The van der Waals surface area contributed by atoms with Gasteiger partial charge in [-0.25, -0.2) is 13.1 Å². The number of hydrogen-bond donors (Lipinski definition) is 2. The quantitative estimate of drug-likeness (QED) is 0.700. The van der Waals surface area contributed by atoms with Crippen LogP contribution < -0.4 is 10.5 Å². The molecule has 0 spiro atoms. The minimum Gasteiger partial charge on any atom is -0.398 e. The van der Waals surface area contributed by atoms with Crippen molar-refractivity contribution in [3.8, 4) is 11.1 Å². The Morgan fingerprint density at radius 1 is 0.917 bits per heavy atom. The molecule has 0 bridgehead atoms. The van der Waals surface area contributed by atoms with Crippen molar-refractivity contribution in [2.75, 3.05) is 5.73 Å². The summed E-state index contributed by atoms with van der Waals surface area (Å²) in [5.41, 5.74) is 9.02. The molecule has 3 rings (SSSR count). The van der Waals surface area contributed by atoms with Crippen LogP contribution in [0.3, 0.4) is 0 Å². The fourth-order valence-corrected chi connectivity index (χ4v) is 3.33. The molecule has 1 heterocycles. The summed E-state index contributed by atoms with van der Waals surface area (Å²) in [5, 5.41) is 0. The van der Waals surface area contributed by atoms with Gasteiger partial charge in [0.1, 0.15) is 0 Å². The number of pyridine rings is 1. The van der Waals surface area contributed by atoms with E-state index < -0.39 is 10.0 Å². The number of nitrogens with one attached hydrogen (secondary N) is 1. The molecule has 5 nitrogen and oxygen atoms in total. The summed E-state index contributed by atoms with van der Waals surface area (Å²) in [4.78, 5) is 4.30. The second-order valence-corrected chi connectivity index (χ2v) is 7.02. The van der Waals surface area contributed by atoms with E-state index in [-0.39, 0.29) is 11.4 Å². The smallest absolute Gasteiger partial charge is 0.240 e. The first kappa shape index (κ1) is 16.2. The third kappa shape index (κ3) is 3.61. The van der Waals surface area contributed by atoms with Crippen LogP contribution in [0.2, 0.25) is 0 Å². The molecule has 0 aliphatic rings. The number of rotatable bonds is 5. The zero-order chi connectivity index (χ0) is 17.0. The molecule has 122 valence electrons. The maximum atomic E-state index is 12.4. The predicted octanol–water partition coefficient (Wildman–Crippen LogP) is 2.81. The Hall–Kier alpha value is -2.70. The predicted molar refractivity (Wildman–Crippen MR) is 94.6 cm³/mol. The van der Waals surface area contributed by atoms with Crippen LogP contribution in [0.4, 0.5) is 5.69 Å². The summed E-state index contributed by atoms with van der Waals surface area (Å²) in [5.74, 6) is 0. The average molecular weight is 339 g/mol. The highest BCUT2D eigenvalue weighted by molar-refractivity contribution is 7.89. The molecule has 3 N–H and O–H groups in total. The Bertz CT molecular complexity index is 924. The molecule has 0 aliphatic heterocycles. The molecule has 0 saturated carbocycles. The zero-order valence-electron chi connectivity index (χ0n) is 12.9. The van der Waals surface area contributed by atoms with Crippen molar-refractivity contribution in [2.45, 2.75) is 11.4 Å². The first-order valence-corrected chi connectivity index (χ1v) is 8.89. The van der Waals surface area contributed by atoms with Crippen LogP contribution in [0.15, 0.2) is 77.8 Å². The average Bonchev–Trinajstić information content (AvgIpc) is 2.62. The Morgan fingerprint density at radius 2 is 1.62 bits per heavy atom. The molecule has 0 aliphatic carbocycles. The molecular weight excluding hydrogens is 322 g/mol. The van der Waals surface area contributed by atoms with Crippen LogP contribution in [-0.4, -0.2) is 13.4 Å². The van der Waals surface area contributed by atoms with Gasteiger partial charge in [-0.15, -0.1) is 0 Å². The SMILES string of the molecule is Nc1ccccc1-c1ccc(S(=O)(=O)NCc2ccccn2)cc1. The van der Waals surface area contributed by atoms with Crippen LogP contribution in [0.1, 0.15) is 5.69 Å². The van der Waals surface area contributed by atoms with Gasteiger partial charge in [-0.3, -0.25) is 4.98 Å². The van der Waals surface area contributed by atoms with Crippen molar-refractivity contribution in [2.24, 2.45) is 0 Å². The van der Waals surface area contributed by atoms with E-state index in [4.69, 9.17) is 5.73 Å². The summed E-state index contributed by atoms with van der Waals surface area (Å²) in [7, 11) is -3.59. The highest BCUT2D eigenvalue weighted by atomic mass is 32.2. The number of anilines is 1. The summed E-state index contributed by atoms with van der Waals surface area (Å²) in [6, 6.07) is 19.5. The number of nitrogens with two attached hydrogens (primary N) is 1. The molecule has 0 amide bonds. The Morgan fingerprint density at radius 3 is 2.29 bits per heavy atom. The summed E-state index contributed by atoms with van der Waals surface area (Å²) in [6.45, 7) is 0.149. The maximum absolute atomic E-state index is 12.4. The van der Waals surface area contributed by atoms with E-state index in [1.54, 1.807) is 42.6 Å². The third-order valence-electron chi connectivity index (χ3n) is 3.61. The number of nitrogens with zero attached hydrogens (tertiary/aromatic N) is 1. The molecule has 0 unspecified atom stereocenters. The van der Waals surface area contributed by atoms with Gasteiger partial charge in [0, 0.05) is 17.4 Å². The fourth-order valence-electron chi connectivity index (χ4n) is 2.33. The van der Waals surface area contributed by atoms with Crippen LogP contribution in [-0.2, 0) is 16.6 Å². The van der Waals surface area contributed by atoms with Gasteiger partial charge in [0.15, 0.2) is 0 Å². The summed E-state index contributed by atoms with van der Waals surface area (Å²) < 4.78 is 27.3. The standard InChI is InChI=1S/C18H17N3O2S/c19-18-7-2-1-6-17(18)14-8-10-16(11-9-14)24(22,23)21-13-15-5-3-4-12-20-15/h1-12,21H,13,19H2. The van der Waals surface area contributed by atoms with Crippen molar-refractivity contribution < 1.29 is 8.42 Å². The summed E-state index contributed by atoms with van der Waals surface area (Å²) in [6.07, 6.45) is 1.63. The lowest BCUT2D eigenvalue weighted by Crippen LogP contribution is -2.23. The van der Waals surface area contributed by atoms with Crippen LogP contribution in [0, 0.1) is 0 Å². The van der Waals surface area contributed by atoms with Gasteiger partial charge in [-0.2, -0.15) is 0 Å². The van der Waals surface area contributed by atoms with Gasteiger partial charge in [0.2, 0.25) is 10.0 Å². The molecule has 0 radical (unpaired) electrons. The Labute approximate surface area is 141 Å². The molecule has 0 saturated heterocycles. The highest BCUT2D eigenvalue weighted by Crippen LogP contribution is 2.26. The van der Waals surface area contributed by atoms with Crippen LogP contribution >= 0.6 is 0 Å². The minimum absolute atomic E-state index is 0.149. The molecule has 0 atom stereocenters. The number of nitrogen functional groups attached to an aromatic ring is 1. The minimum atomic E-state index is -3.59. The lowest BCUT2D eigenvalue weighted by atomic mass is 10.0. The van der Waals surface area contributed by atoms with Crippen molar-refractivity contribution in [1.82, 2.24) is 9.71 Å². The highest BCUT2D eigenvalue weighted by Gasteiger charge is 2.14. The third-order valence-corrected chi connectivity index (χ3v) is 5.02. The number of sulfonamides is 1. The van der Waals surface area contributed by atoms with E-state index in [0.717, 1.165) is 11.1 Å². The largest absolute Gasteiger partial charge is 0.398 e. The second-order valence-electron chi connectivity index (χ2n) is 5.26. The van der Waals surface area contributed by atoms with Gasteiger partial charge >= 0.3 is 0 Å². The van der Waals surface area contributed by atoms with Crippen molar-refractivity contribution in [3.63, 3.8) is 0 Å². The molecule has 3 aromatic rings. The molecule has 6 heteroatoms. The zero-order valence-corrected chi connectivity index (χ0v) is 13.7. The fraction of sp³-hybridized carbons (Fsp3) is 0.0556. The van der Waals surface area contributed by atoms with Crippen molar-refractivity contribution in [1.29, 1.82) is 0 Å². The van der Waals surface area contributed by atoms with E-state index in [9.17, 15) is 8.42 Å². The molecule has 2 aromatic carbocycles. The molecular formula is C18H17N3O2S. The molecule has 0 fully saturated rings. The van der Waals surface area contributed by atoms with Gasteiger partial charge in [0.05, 0.1) is 17.1 Å². The monoisotopic (exact) mass is 339 g/mol. The van der Waals surface area contributed by atoms with Crippen molar-refractivity contribution in [3.05, 3.63) is 78.6 Å².